The zero-order valence-electron chi connectivity index (χ0n) is 10.2. The monoisotopic (exact) mass is 438 g/mol. The predicted molar refractivity (Wildman–Crippen MR) is 86.6 cm³/mol. The van der Waals surface area contributed by atoms with Gasteiger partial charge < -0.3 is 0 Å². The second-order valence-electron chi connectivity index (χ2n) is 3.98. The fourth-order valence-electron chi connectivity index (χ4n) is 1.50. The summed E-state index contributed by atoms with van der Waals surface area (Å²) in [5.74, 6) is 0. The molecule has 20 heavy (non-hydrogen) atoms. The number of hydrogen-bond acceptors (Lipinski definition) is 3. The largest absolute Gasteiger partial charge is 0.276 e. The molecule has 0 atom stereocenters. The van der Waals surface area contributed by atoms with Crippen LogP contribution in [-0.2, 0) is 10.0 Å². The number of rotatable bonds is 3. The van der Waals surface area contributed by atoms with Crippen molar-refractivity contribution in [3.05, 3.63) is 50.1 Å². The third-order valence-corrected chi connectivity index (χ3v) is 5.99. The van der Waals surface area contributed by atoms with Crippen LogP contribution >= 0.6 is 43.5 Å². The molecule has 0 aliphatic carbocycles. The van der Waals surface area contributed by atoms with Crippen LogP contribution in [-0.4, -0.2) is 13.4 Å². The molecule has 0 saturated carbocycles. The molecular formula is C12H9Br2ClN2O2S. The van der Waals surface area contributed by atoms with E-state index in [1.165, 1.54) is 12.3 Å². The zero-order chi connectivity index (χ0) is 14.9. The van der Waals surface area contributed by atoms with Gasteiger partial charge in [0.1, 0.15) is 4.90 Å². The standard InChI is InChI=1S/C12H9Br2ClN2O2S/c1-7-5-9(14)11(6-8(7)13)20(18,19)17-10-3-2-4-16-12(10)15/h2-6,17H,1H3. The van der Waals surface area contributed by atoms with E-state index in [0.29, 0.717) is 8.95 Å². The third-order valence-electron chi connectivity index (χ3n) is 2.51. The lowest BCUT2D eigenvalue weighted by Crippen LogP contribution is -2.14. The topological polar surface area (TPSA) is 59.1 Å². The number of hydrogen-bond donors (Lipinski definition) is 1. The highest BCUT2D eigenvalue weighted by molar-refractivity contribution is 9.11. The van der Waals surface area contributed by atoms with E-state index < -0.39 is 10.0 Å². The lowest BCUT2D eigenvalue weighted by molar-refractivity contribution is 0.600. The van der Waals surface area contributed by atoms with Gasteiger partial charge in [0.25, 0.3) is 10.0 Å². The number of pyridine rings is 1. The van der Waals surface area contributed by atoms with Crippen LogP contribution in [0.1, 0.15) is 5.56 Å². The Bertz CT molecular complexity index is 766. The van der Waals surface area contributed by atoms with E-state index in [4.69, 9.17) is 11.6 Å². The fraction of sp³-hybridized carbons (Fsp3) is 0.0833. The summed E-state index contributed by atoms with van der Waals surface area (Å²) in [4.78, 5) is 3.95. The molecule has 1 aromatic heterocycles. The summed E-state index contributed by atoms with van der Waals surface area (Å²) in [6.07, 6.45) is 1.48. The summed E-state index contributed by atoms with van der Waals surface area (Å²) in [7, 11) is -3.76. The summed E-state index contributed by atoms with van der Waals surface area (Å²) < 4.78 is 28.4. The van der Waals surface area contributed by atoms with Crippen molar-refractivity contribution in [1.29, 1.82) is 0 Å². The maximum atomic E-state index is 12.4. The first-order valence-corrected chi connectivity index (χ1v) is 8.85. The summed E-state index contributed by atoms with van der Waals surface area (Å²) in [5, 5.41) is 0.0957. The predicted octanol–water partition coefficient (Wildman–Crippen LogP) is 4.37. The molecule has 0 saturated heterocycles. The molecule has 0 amide bonds. The van der Waals surface area contributed by atoms with E-state index >= 15 is 0 Å². The van der Waals surface area contributed by atoms with Gasteiger partial charge >= 0.3 is 0 Å². The van der Waals surface area contributed by atoms with Gasteiger partial charge in [-0.2, -0.15) is 0 Å². The fourth-order valence-corrected chi connectivity index (χ4v) is 4.46. The van der Waals surface area contributed by atoms with Gasteiger partial charge in [-0.05, 0) is 52.7 Å². The van der Waals surface area contributed by atoms with Crippen LogP contribution in [0.2, 0.25) is 5.15 Å². The molecule has 2 rings (SSSR count). The van der Waals surface area contributed by atoms with Gasteiger partial charge in [-0.15, -0.1) is 0 Å². The summed E-state index contributed by atoms with van der Waals surface area (Å²) in [5.41, 5.74) is 1.16. The summed E-state index contributed by atoms with van der Waals surface area (Å²) in [6, 6.07) is 6.41. The van der Waals surface area contributed by atoms with Crippen LogP contribution in [0.4, 0.5) is 5.69 Å². The van der Waals surface area contributed by atoms with E-state index in [2.05, 4.69) is 41.6 Å². The van der Waals surface area contributed by atoms with Gasteiger partial charge in [0.2, 0.25) is 0 Å². The number of halogens is 3. The number of benzene rings is 1. The Morgan fingerprint density at radius 1 is 1.25 bits per heavy atom. The molecule has 8 heteroatoms. The molecule has 0 aliphatic heterocycles. The lowest BCUT2D eigenvalue weighted by atomic mass is 10.2. The lowest BCUT2D eigenvalue weighted by Gasteiger charge is -2.11. The highest BCUT2D eigenvalue weighted by Gasteiger charge is 2.20. The molecule has 4 nitrogen and oxygen atoms in total. The maximum Gasteiger partial charge on any atom is 0.263 e. The van der Waals surface area contributed by atoms with Gasteiger partial charge in [-0.25, -0.2) is 13.4 Å². The van der Waals surface area contributed by atoms with Crippen molar-refractivity contribution >= 4 is 59.2 Å². The van der Waals surface area contributed by atoms with Crippen molar-refractivity contribution in [2.75, 3.05) is 4.72 Å². The quantitative estimate of drug-likeness (QED) is 0.721. The van der Waals surface area contributed by atoms with Crippen LogP contribution < -0.4 is 4.72 Å². The molecule has 106 valence electrons. The first-order valence-electron chi connectivity index (χ1n) is 5.40. The number of nitrogens with zero attached hydrogens (tertiary/aromatic N) is 1. The van der Waals surface area contributed by atoms with Crippen LogP contribution in [0.15, 0.2) is 44.3 Å². The zero-order valence-corrected chi connectivity index (χ0v) is 14.9. The second-order valence-corrected chi connectivity index (χ2v) is 7.70. The van der Waals surface area contributed by atoms with E-state index in [1.54, 1.807) is 18.2 Å². The van der Waals surface area contributed by atoms with Gasteiger partial charge in [0.15, 0.2) is 5.15 Å². The van der Waals surface area contributed by atoms with Crippen LogP contribution in [0.25, 0.3) is 0 Å². The SMILES string of the molecule is Cc1cc(Br)c(S(=O)(=O)Nc2cccnc2Cl)cc1Br. The Morgan fingerprint density at radius 2 is 1.95 bits per heavy atom. The molecule has 1 heterocycles. The van der Waals surface area contributed by atoms with E-state index in [-0.39, 0.29) is 15.7 Å². The van der Waals surface area contributed by atoms with Crippen molar-refractivity contribution in [3.63, 3.8) is 0 Å². The highest BCUT2D eigenvalue weighted by atomic mass is 79.9. The van der Waals surface area contributed by atoms with Gasteiger partial charge in [-0.3, -0.25) is 4.72 Å². The third kappa shape index (κ3) is 3.33. The second kappa shape index (κ2) is 6.01. The Kier molecular flexibility index (Phi) is 4.73. The average Bonchev–Trinajstić information content (AvgIpc) is 2.36. The van der Waals surface area contributed by atoms with E-state index in [0.717, 1.165) is 5.56 Å². The van der Waals surface area contributed by atoms with Crippen molar-refractivity contribution in [2.24, 2.45) is 0 Å². The van der Waals surface area contributed by atoms with Crippen molar-refractivity contribution in [2.45, 2.75) is 11.8 Å². The van der Waals surface area contributed by atoms with Crippen LogP contribution in [0.3, 0.4) is 0 Å². The molecule has 0 radical (unpaired) electrons. The molecule has 0 aliphatic rings. The molecule has 2 aromatic rings. The Labute approximate surface area is 138 Å². The number of aryl methyl sites for hydroxylation is 1. The summed E-state index contributed by atoms with van der Waals surface area (Å²) in [6.45, 7) is 1.87. The van der Waals surface area contributed by atoms with Crippen molar-refractivity contribution < 1.29 is 8.42 Å². The Balaban J connectivity index is 2.47. The van der Waals surface area contributed by atoms with Crippen molar-refractivity contribution in [1.82, 2.24) is 4.98 Å². The molecular weight excluding hydrogens is 431 g/mol. The smallest absolute Gasteiger partial charge is 0.263 e. The molecule has 0 bridgehead atoms. The van der Waals surface area contributed by atoms with Crippen LogP contribution in [0, 0.1) is 6.92 Å². The first kappa shape index (κ1) is 15.8. The minimum absolute atomic E-state index is 0.0957. The number of anilines is 1. The van der Waals surface area contributed by atoms with Gasteiger partial charge in [-0.1, -0.05) is 27.5 Å². The summed E-state index contributed by atoms with van der Waals surface area (Å²) >= 11 is 12.4. The van der Waals surface area contributed by atoms with Gasteiger partial charge in [0, 0.05) is 15.1 Å². The Morgan fingerprint density at radius 3 is 2.60 bits per heavy atom. The normalized spacial score (nSPS) is 11.4. The number of nitrogens with one attached hydrogen (secondary N) is 1. The molecule has 0 spiro atoms. The first-order chi connectivity index (χ1) is 9.31. The van der Waals surface area contributed by atoms with E-state index in [9.17, 15) is 8.42 Å². The minimum atomic E-state index is -3.76. The minimum Gasteiger partial charge on any atom is -0.276 e. The van der Waals surface area contributed by atoms with Crippen LogP contribution in [0.5, 0.6) is 0 Å². The van der Waals surface area contributed by atoms with E-state index in [1.807, 2.05) is 6.92 Å². The number of sulfonamides is 1. The molecule has 0 fully saturated rings. The number of aromatic nitrogens is 1. The maximum absolute atomic E-state index is 12.4. The van der Waals surface area contributed by atoms with Gasteiger partial charge in [0.05, 0.1) is 5.69 Å². The molecule has 1 aromatic carbocycles. The molecule has 0 unspecified atom stereocenters. The Hall–Kier alpha value is -0.630. The average molecular weight is 441 g/mol. The van der Waals surface area contributed by atoms with Crippen molar-refractivity contribution in [3.8, 4) is 0 Å². The highest BCUT2D eigenvalue weighted by Crippen LogP contribution is 2.31. The molecule has 1 N–H and O–H groups in total.